The fourth-order valence-electron chi connectivity index (χ4n) is 2.87. The number of halogens is 1. The number of sulfone groups is 1. The molecule has 0 fully saturated rings. The van der Waals surface area contributed by atoms with Crippen LogP contribution in [-0.2, 0) is 24.7 Å². The molecule has 0 unspecified atom stereocenters. The molecule has 2 aromatic carbocycles. The van der Waals surface area contributed by atoms with Crippen LogP contribution < -0.4 is 5.32 Å². The molecule has 164 valence electrons. The van der Waals surface area contributed by atoms with E-state index < -0.39 is 25.8 Å². The van der Waals surface area contributed by atoms with Crippen LogP contribution in [0.25, 0.3) is 0 Å². The third kappa shape index (κ3) is 5.81. The van der Waals surface area contributed by atoms with Crippen molar-refractivity contribution in [2.24, 2.45) is 0 Å². The van der Waals surface area contributed by atoms with E-state index in [0.717, 1.165) is 0 Å². The van der Waals surface area contributed by atoms with Crippen molar-refractivity contribution in [2.75, 3.05) is 24.2 Å². The van der Waals surface area contributed by atoms with E-state index in [1.165, 1.54) is 34.6 Å². The molecule has 0 aliphatic heterocycles. The summed E-state index contributed by atoms with van der Waals surface area (Å²) in [7, 11) is -7.33. The normalized spacial score (nSPS) is 12.2. The fraction of sp³-hybridized carbons (Fsp3) is 0.350. The number of benzene rings is 2. The van der Waals surface area contributed by atoms with E-state index in [2.05, 4.69) is 5.32 Å². The predicted octanol–water partition coefficient (Wildman–Crippen LogP) is 3.48. The predicted molar refractivity (Wildman–Crippen MR) is 118 cm³/mol. The Morgan fingerprint density at radius 2 is 1.60 bits per heavy atom. The molecule has 0 bridgehead atoms. The van der Waals surface area contributed by atoms with Gasteiger partial charge in [0.05, 0.1) is 15.5 Å². The Hall–Kier alpha value is -1.94. The summed E-state index contributed by atoms with van der Waals surface area (Å²) in [6, 6.07) is 10.3. The molecular weight excluding hydrogens is 448 g/mol. The lowest BCUT2D eigenvalue weighted by Gasteiger charge is -2.20. The number of hydrogen-bond donors (Lipinski definition) is 1. The Balaban J connectivity index is 2.13. The van der Waals surface area contributed by atoms with Crippen LogP contribution in [-0.4, -0.2) is 45.9 Å². The van der Waals surface area contributed by atoms with Crippen molar-refractivity contribution in [3.63, 3.8) is 0 Å². The molecule has 0 aliphatic carbocycles. The highest BCUT2D eigenvalue weighted by atomic mass is 35.5. The number of sulfonamides is 1. The van der Waals surface area contributed by atoms with Gasteiger partial charge in [0.1, 0.15) is 0 Å². The molecule has 10 heteroatoms. The SMILES string of the molecule is CCN(CC)S(=O)(=O)c1cc(NC(=O)CCS(=O)(=O)c2ccc(Cl)cc2)ccc1C. The van der Waals surface area contributed by atoms with Crippen LogP contribution in [0.5, 0.6) is 0 Å². The van der Waals surface area contributed by atoms with Gasteiger partial charge in [-0.15, -0.1) is 0 Å². The second-order valence-electron chi connectivity index (χ2n) is 6.64. The standard InChI is InChI=1S/C20H25ClN2O5S2/c1-4-23(5-2)30(27,28)19-14-17(9-6-15(19)3)22-20(24)12-13-29(25,26)18-10-7-16(21)8-11-18/h6-11,14H,4-5,12-13H2,1-3H3,(H,22,24). The van der Waals surface area contributed by atoms with Crippen molar-refractivity contribution in [2.45, 2.75) is 37.0 Å². The zero-order valence-electron chi connectivity index (χ0n) is 17.1. The van der Waals surface area contributed by atoms with Crippen LogP contribution >= 0.6 is 11.6 Å². The van der Waals surface area contributed by atoms with Crippen molar-refractivity contribution in [1.29, 1.82) is 0 Å². The smallest absolute Gasteiger partial charge is 0.243 e. The molecule has 0 saturated carbocycles. The quantitative estimate of drug-likeness (QED) is 0.602. The summed E-state index contributed by atoms with van der Waals surface area (Å²) in [6.07, 6.45) is -0.267. The van der Waals surface area contributed by atoms with E-state index in [-0.39, 0.29) is 22.0 Å². The van der Waals surface area contributed by atoms with E-state index in [4.69, 9.17) is 11.6 Å². The molecule has 30 heavy (non-hydrogen) atoms. The van der Waals surface area contributed by atoms with Gasteiger partial charge in [0.15, 0.2) is 9.84 Å². The van der Waals surface area contributed by atoms with Gasteiger partial charge in [-0.25, -0.2) is 16.8 Å². The Bertz CT molecular complexity index is 1110. The van der Waals surface area contributed by atoms with Crippen molar-refractivity contribution < 1.29 is 21.6 Å². The third-order valence-corrected chi connectivity index (χ3v) is 8.74. The first-order valence-electron chi connectivity index (χ1n) is 9.40. The van der Waals surface area contributed by atoms with E-state index in [1.54, 1.807) is 32.9 Å². The zero-order chi connectivity index (χ0) is 22.5. The molecular formula is C20H25ClN2O5S2. The lowest BCUT2D eigenvalue weighted by Crippen LogP contribution is -2.31. The average Bonchev–Trinajstić information content (AvgIpc) is 2.69. The third-order valence-electron chi connectivity index (χ3n) is 4.57. The number of carbonyl (C=O) groups is 1. The van der Waals surface area contributed by atoms with Gasteiger partial charge in [-0.2, -0.15) is 4.31 Å². The highest BCUT2D eigenvalue weighted by Crippen LogP contribution is 2.24. The number of rotatable bonds is 9. The van der Waals surface area contributed by atoms with Crippen molar-refractivity contribution in [1.82, 2.24) is 4.31 Å². The summed E-state index contributed by atoms with van der Waals surface area (Å²) in [4.78, 5) is 12.5. The molecule has 0 radical (unpaired) electrons. The molecule has 0 saturated heterocycles. The van der Waals surface area contributed by atoms with E-state index in [0.29, 0.717) is 29.4 Å². The number of amides is 1. The number of nitrogens with one attached hydrogen (secondary N) is 1. The molecule has 1 amide bonds. The van der Waals surface area contributed by atoms with Gasteiger partial charge in [0.2, 0.25) is 15.9 Å². The van der Waals surface area contributed by atoms with Gasteiger partial charge in [-0.3, -0.25) is 4.79 Å². The van der Waals surface area contributed by atoms with E-state index in [9.17, 15) is 21.6 Å². The second kappa shape index (κ2) is 9.91. The molecule has 0 spiro atoms. The van der Waals surface area contributed by atoms with Crippen molar-refractivity contribution >= 4 is 43.1 Å². The van der Waals surface area contributed by atoms with Gasteiger partial charge < -0.3 is 5.32 Å². The lowest BCUT2D eigenvalue weighted by molar-refractivity contribution is -0.115. The second-order valence-corrected chi connectivity index (χ2v) is 11.1. The lowest BCUT2D eigenvalue weighted by atomic mass is 10.2. The molecule has 2 aromatic rings. The number of hydrogen-bond acceptors (Lipinski definition) is 5. The first kappa shape index (κ1) is 24.3. The van der Waals surface area contributed by atoms with Gasteiger partial charge in [-0.1, -0.05) is 31.5 Å². The maximum absolute atomic E-state index is 12.8. The average molecular weight is 473 g/mol. The Morgan fingerprint density at radius 3 is 2.17 bits per heavy atom. The van der Waals surface area contributed by atoms with E-state index in [1.807, 2.05) is 0 Å². The molecule has 0 aliphatic rings. The molecule has 0 aromatic heterocycles. The van der Waals surface area contributed by atoms with Gasteiger partial charge in [0.25, 0.3) is 0 Å². The van der Waals surface area contributed by atoms with E-state index >= 15 is 0 Å². The van der Waals surface area contributed by atoms with Crippen LogP contribution in [0.4, 0.5) is 5.69 Å². The Kier molecular flexibility index (Phi) is 8.04. The number of nitrogens with zero attached hydrogens (tertiary/aromatic N) is 1. The van der Waals surface area contributed by atoms with Crippen molar-refractivity contribution in [3.8, 4) is 0 Å². The summed E-state index contributed by atoms with van der Waals surface area (Å²) in [5.41, 5.74) is 0.852. The fourth-order valence-corrected chi connectivity index (χ4v) is 5.94. The van der Waals surface area contributed by atoms with Crippen LogP contribution in [0.15, 0.2) is 52.3 Å². The van der Waals surface area contributed by atoms with Crippen LogP contribution in [0.2, 0.25) is 5.02 Å². The van der Waals surface area contributed by atoms with Crippen LogP contribution in [0, 0.1) is 6.92 Å². The minimum atomic E-state index is -3.69. The van der Waals surface area contributed by atoms with Gasteiger partial charge >= 0.3 is 0 Å². The minimum Gasteiger partial charge on any atom is -0.326 e. The molecule has 2 rings (SSSR count). The molecule has 1 N–H and O–H groups in total. The first-order chi connectivity index (χ1) is 14.0. The Morgan fingerprint density at radius 1 is 1.00 bits per heavy atom. The topological polar surface area (TPSA) is 101 Å². The molecule has 0 atom stereocenters. The van der Waals surface area contributed by atoms with Crippen molar-refractivity contribution in [3.05, 3.63) is 53.1 Å². The van der Waals surface area contributed by atoms with Gasteiger partial charge in [0, 0.05) is 30.2 Å². The number of carbonyl (C=O) groups excluding carboxylic acids is 1. The number of aryl methyl sites for hydroxylation is 1. The largest absolute Gasteiger partial charge is 0.326 e. The highest BCUT2D eigenvalue weighted by Gasteiger charge is 2.24. The van der Waals surface area contributed by atoms with Crippen LogP contribution in [0.3, 0.4) is 0 Å². The van der Waals surface area contributed by atoms with Gasteiger partial charge in [-0.05, 0) is 48.9 Å². The maximum Gasteiger partial charge on any atom is 0.243 e. The summed E-state index contributed by atoms with van der Waals surface area (Å²) in [6.45, 7) is 5.85. The monoisotopic (exact) mass is 472 g/mol. The summed E-state index contributed by atoms with van der Waals surface area (Å²) < 4.78 is 51.7. The molecule has 0 heterocycles. The Labute approximate surface area is 183 Å². The zero-order valence-corrected chi connectivity index (χ0v) is 19.4. The van der Waals surface area contributed by atoms with Crippen LogP contribution in [0.1, 0.15) is 25.8 Å². The highest BCUT2D eigenvalue weighted by molar-refractivity contribution is 7.91. The summed E-state index contributed by atoms with van der Waals surface area (Å²) in [5.74, 6) is -0.903. The summed E-state index contributed by atoms with van der Waals surface area (Å²) in [5, 5.41) is 3.00. The maximum atomic E-state index is 12.8. The molecule has 7 nitrogen and oxygen atoms in total. The minimum absolute atomic E-state index is 0.0858. The summed E-state index contributed by atoms with van der Waals surface area (Å²) >= 11 is 5.77. The number of anilines is 1. The first-order valence-corrected chi connectivity index (χ1v) is 12.9.